The van der Waals surface area contributed by atoms with Gasteiger partial charge in [-0.3, -0.25) is 4.79 Å². The van der Waals surface area contributed by atoms with Gasteiger partial charge in [0.25, 0.3) is 0 Å². The SMILES string of the molecule is CCCCC(=O)N(Cc1ccc(-c2ccccc2-c2nn[nH]n2)cc1)[C@H](C(=O)O)C(C)C.S.[C-]#[N+]c1ccccc1-c1ccc(CN[C@H](C)C(C)C)cc1. The number of carbonyl (C=O) groups excluding carboxylic acids is 1. The fraction of sp³-hybridized carbons (Fsp3) is 0.349. The third-order valence-corrected chi connectivity index (χ3v) is 9.33. The molecule has 0 saturated heterocycles. The van der Waals surface area contributed by atoms with E-state index in [1.807, 2.05) is 93.6 Å². The molecule has 1 aromatic heterocycles. The minimum Gasteiger partial charge on any atom is -0.480 e. The summed E-state index contributed by atoms with van der Waals surface area (Å²) in [6.45, 7) is 20.7. The van der Waals surface area contributed by atoms with Crippen LogP contribution in [0.5, 0.6) is 0 Å². The third-order valence-electron chi connectivity index (χ3n) is 9.33. The summed E-state index contributed by atoms with van der Waals surface area (Å²) >= 11 is 0. The third kappa shape index (κ3) is 11.9. The van der Waals surface area contributed by atoms with Gasteiger partial charge in [-0.2, -0.15) is 18.7 Å². The Hall–Kier alpha value is -5.31. The highest BCUT2D eigenvalue weighted by atomic mass is 32.1. The van der Waals surface area contributed by atoms with Crippen LogP contribution in [0.15, 0.2) is 97.1 Å². The molecule has 0 fully saturated rings. The monoisotopic (exact) mass is 747 g/mol. The lowest BCUT2D eigenvalue weighted by Crippen LogP contribution is -2.47. The number of benzene rings is 4. The van der Waals surface area contributed by atoms with Gasteiger partial charge >= 0.3 is 5.97 Å². The average Bonchev–Trinajstić information content (AvgIpc) is 3.71. The second-order valence-electron chi connectivity index (χ2n) is 13.9. The fourth-order valence-electron chi connectivity index (χ4n) is 5.92. The van der Waals surface area contributed by atoms with Crippen LogP contribution in [0, 0.1) is 18.4 Å². The molecule has 284 valence electrons. The van der Waals surface area contributed by atoms with Crippen molar-refractivity contribution in [2.45, 2.75) is 86.0 Å². The first-order chi connectivity index (χ1) is 25.5. The molecule has 1 amide bonds. The van der Waals surface area contributed by atoms with Crippen molar-refractivity contribution in [1.82, 2.24) is 30.8 Å². The number of tetrazole rings is 1. The summed E-state index contributed by atoms with van der Waals surface area (Å²) in [5.74, 6) is -0.150. The number of rotatable bonds is 15. The Kier molecular flexibility index (Phi) is 17.1. The Morgan fingerprint density at radius 2 is 1.39 bits per heavy atom. The topological polar surface area (TPSA) is 128 Å². The predicted molar refractivity (Wildman–Crippen MR) is 221 cm³/mol. The molecule has 3 N–H and O–H groups in total. The number of carboxylic acids is 1. The highest BCUT2D eigenvalue weighted by molar-refractivity contribution is 7.59. The molecule has 0 spiro atoms. The summed E-state index contributed by atoms with van der Waals surface area (Å²) in [6, 6.07) is 31.4. The number of hydrogen-bond donors (Lipinski definition) is 3. The summed E-state index contributed by atoms with van der Waals surface area (Å²) in [5, 5.41) is 27.6. The Morgan fingerprint density at radius 3 is 1.93 bits per heavy atom. The molecule has 0 aliphatic heterocycles. The molecule has 0 saturated carbocycles. The van der Waals surface area contributed by atoms with Crippen LogP contribution in [0.25, 0.3) is 38.5 Å². The first-order valence-electron chi connectivity index (χ1n) is 18.3. The average molecular weight is 748 g/mol. The smallest absolute Gasteiger partial charge is 0.326 e. The summed E-state index contributed by atoms with van der Waals surface area (Å²) < 4.78 is 0. The van der Waals surface area contributed by atoms with Gasteiger partial charge in [-0.25, -0.2) is 9.64 Å². The standard InChI is InChI=1S/C24H29N5O3.C19H22N2.H2S/c1-4-5-10-21(30)29(22(16(2)3)24(31)32)15-17-11-13-18(14-12-17)19-8-6-7-9-20(19)23-25-27-28-26-23;1-14(2)15(3)21-13-16-9-11-17(12-10-16)18-7-5-6-8-19(18)20-4;/h6-9,11-14,16,22H,4-5,10,15H2,1-3H3,(H,31,32)(H,25,26,27,28);5-12,14-15,21H,13H2,1-3H3;1H2/t22-;15-;/m01./s1. The molecule has 5 rings (SSSR count). The van der Waals surface area contributed by atoms with Gasteiger partial charge in [0.1, 0.15) is 6.04 Å². The van der Waals surface area contributed by atoms with E-state index in [1.165, 1.54) is 10.5 Å². The quantitative estimate of drug-likeness (QED) is 0.0911. The van der Waals surface area contributed by atoms with Crippen LogP contribution in [-0.2, 0) is 22.7 Å². The van der Waals surface area contributed by atoms with E-state index in [0.29, 0.717) is 29.9 Å². The van der Waals surface area contributed by atoms with E-state index in [4.69, 9.17) is 6.57 Å². The van der Waals surface area contributed by atoms with Gasteiger partial charge < -0.3 is 15.3 Å². The zero-order valence-electron chi connectivity index (χ0n) is 32.1. The second-order valence-corrected chi connectivity index (χ2v) is 13.9. The van der Waals surface area contributed by atoms with Gasteiger partial charge in [-0.1, -0.05) is 138 Å². The highest BCUT2D eigenvalue weighted by Crippen LogP contribution is 2.31. The van der Waals surface area contributed by atoms with Gasteiger partial charge in [0.05, 0.1) is 6.57 Å². The van der Waals surface area contributed by atoms with Gasteiger partial charge in [0.2, 0.25) is 11.7 Å². The van der Waals surface area contributed by atoms with Crippen LogP contribution < -0.4 is 5.32 Å². The molecule has 54 heavy (non-hydrogen) atoms. The number of nitrogens with one attached hydrogen (secondary N) is 2. The molecule has 0 bridgehead atoms. The lowest BCUT2D eigenvalue weighted by atomic mass is 9.97. The molecular formula is C43H53N7O3S. The molecule has 11 heteroatoms. The predicted octanol–water partition coefficient (Wildman–Crippen LogP) is 9.31. The molecule has 0 aliphatic rings. The normalized spacial score (nSPS) is 11.8. The molecule has 10 nitrogen and oxygen atoms in total. The largest absolute Gasteiger partial charge is 0.480 e. The second kappa shape index (κ2) is 21.4. The minimum absolute atomic E-state index is 0. The van der Waals surface area contributed by atoms with Gasteiger partial charge in [0.15, 0.2) is 5.69 Å². The number of hydrogen-bond acceptors (Lipinski definition) is 6. The van der Waals surface area contributed by atoms with Crippen LogP contribution >= 0.6 is 13.5 Å². The van der Waals surface area contributed by atoms with Crippen molar-refractivity contribution in [3.63, 3.8) is 0 Å². The van der Waals surface area contributed by atoms with E-state index in [0.717, 1.165) is 52.8 Å². The van der Waals surface area contributed by atoms with E-state index in [2.05, 4.69) is 75.8 Å². The maximum atomic E-state index is 12.9. The zero-order valence-corrected chi connectivity index (χ0v) is 33.1. The summed E-state index contributed by atoms with van der Waals surface area (Å²) in [4.78, 5) is 29.9. The number of para-hydroxylation sites is 1. The molecule has 0 unspecified atom stereocenters. The molecule has 4 aromatic carbocycles. The van der Waals surface area contributed by atoms with Crippen LogP contribution in [-0.4, -0.2) is 54.6 Å². The van der Waals surface area contributed by atoms with Gasteiger partial charge in [0, 0.05) is 31.1 Å². The maximum Gasteiger partial charge on any atom is 0.326 e. The lowest BCUT2D eigenvalue weighted by molar-refractivity contribution is -0.153. The molecule has 0 radical (unpaired) electrons. The van der Waals surface area contributed by atoms with E-state index < -0.39 is 12.0 Å². The number of H-pyrrole nitrogens is 1. The fourth-order valence-corrected chi connectivity index (χ4v) is 5.92. The molecule has 5 aromatic rings. The Labute approximate surface area is 326 Å². The molecular weight excluding hydrogens is 695 g/mol. The first kappa shape index (κ1) is 43.1. The van der Waals surface area contributed by atoms with Crippen molar-refractivity contribution < 1.29 is 14.7 Å². The van der Waals surface area contributed by atoms with Crippen molar-refractivity contribution in [2.75, 3.05) is 0 Å². The molecule has 1 heterocycles. The number of aromatic amines is 1. The van der Waals surface area contributed by atoms with Crippen molar-refractivity contribution in [3.05, 3.63) is 120 Å². The van der Waals surface area contributed by atoms with Crippen LogP contribution in [0.1, 0.15) is 71.9 Å². The van der Waals surface area contributed by atoms with E-state index >= 15 is 0 Å². The Balaban J connectivity index is 0.000000310. The Bertz CT molecular complexity index is 1940. The number of amides is 1. The zero-order chi connectivity index (χ0) is 38.3. The van der Waals surface area contributed by atoms with E-state index in [9.17, 15) is 14.7 Å². The van der Waals surface area contributed by atoms with Crippen molar-refractivity contribution in [2.24, 2.45) is 11.8 Å². The van der Waals surface area contributed by atoms with Crippen molar-refractivity contribution in [1.29, 1.82) is 0 Å². The maximum absolute atomic E-state index is 12.9. The molecule has 0 aliphatic carbocycles. The minimum atomic E-state index is -0.976. The van der Waals surface area contributed by atoms with Gasteiger partial charge in [-0.05, 0) is 63.8 Å². The Morgan fingerprint density at radius 1 is 0.815 bits per heavy atom. The number of aromatic nitrogens is 4. The highest BCUT2D eigenvalue weighted by Gasteiger charge is 2.32. The number of carboxylic acid groups (broad SMARTS) is 1. The van der Waals surface area contributed by atoms with Gasteiger partial charge in [-0.15, -0.1) is 10.2 Å². The number of carbonyl (C=O) groups is 2. The number of nitrogens with zero attached hydrogens (tertiary/aromatic N) is 5. The first-order valence-corrected chi connectivity index (χ1v) is 18.3. The van der Waals surface area contributed by atoms with Crippen LogP contribution in [0.4, 0.5) is 5.69 Å². The van der Waals surface area contributed by atoms with Crippen LogP contribution in [0.3, 0.4) is 0 Å². The number of unbranched alkanes of at least 4 members (excludes halogenated alkanes) is 1. The van der Waals surface area contributed by atoms with E-state index in [1.54, 1.807) is 0 Å². The van der Waals surface area contributed by atoms with Crippen molar-refractivity contribution >= 4 is 31.1 Å². The lowest BCUT2D eigenvalue weighted by Gasteiger charge is -2.32. The summed E-state index contributed by atoms with van der Waals surface area (Å²) in [5.41, 5.74) is 7.74. The molecule has 2 atom stereocenters. The summed E-state index contributed by atoms with van der Waals surface area (Å²) in [7, 11) is 0. The van der Waals surface area contributed by atoms with Crippen molar-refractivity contribution in [3.8, 4) is 33.6 Å². The van der Waals surface area contributed by atoms with Crippen LogP contribution in [0.2, 0.25) is 0 Å². The van der Waals surface area contributed by atoms with E-state index in [-0.39, 0.29) is 31.9 Å². The number of aliphatic carboxylic acids is 1. The summed E-state index contributed by atoms with van der Waals surface area (Å²) in [6.07, 6.45) is 1.97.